The van der Waals surface area contributed by atoms with Gasteiger partial charge in [0.25, 0.3) is 0 Å². The lowest BCUT2D eigenvalue weighted by Gasteiger charge is -1.86. The molecule has 0 bridgehead atoms. The zero-order chi connectivity index (χ0) is 8.27. The zero-order valence-corrected chi connectivity index (χ0v) is 6.29. The molecule has 1 aromatic rings. The van der Waals surface area contributed by atoms with Crippen LogP contribution in [0.2, 0.25) is 0 Å². The van der Waals surface area contributed by atoms with Crippen molar-refractivity contribution in [2.45, 2.75) is 19.8 Å². The van der Waals surface area contributed by atoms with Gasteiger partial charge >= 0.3 is 5.97 Å². The molecular formula is C7H10N2O2. The van der Waals surface area contributed by atoms with E-state index in [0.29, 0.717) is 5.69 Å². The molecule has 1 aromatic heterocycles. The minimum absolute atomic E-state index is 0.0208. The van der Waals surface area contributed by atoms with E-state index in [2.05, 4.69) is 10.2 Å². The van der Waals surface area contributed by atoms with Crippen LogP contribution in [-0.2, 0) is 17.6 Å². The Morgan fingerprint density at radius 1 is 1.82 bits per heavy atom. The van der Waals surface area contributed by atoms with Crippen LogP contribution in [0.5, 0.6) is 0 Å². The van der Waals surface area contributed by atoms with Crippen LogP contribution >= 0.6 is 0 Å². The Labute approximate surface area is 64.2 Å². The molecule has 0 saturated heterocycles. The molecule has 4 heteroatoms. The van der Waals surface area contributed by atoms with E-state index in [1.165, 1.54) is 0 Å². The third-order valence-electron chi connectivity index (χ3n) is 1.39. The Morgan fingerprint density at radius 3 is 3.00 bits per heavy atom. The summed E-state index contributed by atoms with van der Waals surface area (Å²) in [6.07, 6.45) is 0.850. The second-order valence-corrected chi connectivity index (χ2v) is 2.31. The average Bonchev–Trinajstić information content (AvgIpc) is 2.34. The molecule has 0 saturated carbocycles. The fourth-order valence-corrected chi connectivity index (χ4v) is 0.844. The number of aromatic nitrogens is 2. The van der Waals surface area contributed by atoms with Crippen LogP contribution in [0.3, 0.4) is 0 Å². The largest absolute Gasteiger partial charge is 0.481 e. The van der Waals surface area contributed by atoms with Crippen LogP contribution in [0.1, 0.15) is 18.3 Å². The Balaban J connectivity index is 2.65. The highest BCUT2D eigenvalue weighted by Gasteiger charge is 2.02. The Bertz CT molecular complexity index is 255. The first-order chi connectivity index (χ1) is 5.22. The van der Waals surface area contributed by atoms with Crippen molar-refractivity contribution in [1.29, 1.82) is 0 Å². The summed E-state index contributed by atoms with van der Waals surface area (Å²) in [4.78, 5) is 10.2. The molecule has 0 amide bonds. The topological polar surface area (TPSA) is 66.0 Å². The van der Waals surface area contributed by atoms with Gasteiger partial charge in [-0.05, 0) is 12.5 Å². The number of H-pyrrole nitrogens is 1. The first kappa shape index (κ1) is 7.78. The highest BCUT2D eigenvalue weighted by Crippen LogP contribution is 2.00. The first-order valence-electron chi connectivity index (χ1n) is 3.47. The summed E-state index contributed by atoms with van der Waals surface area (Å²) in [7, 11) is 0. The minimum Gasteiger partial charge on any atom is -0.481 e. The van der Waals surface area contributed by atoms with Crippen LogP contribution < -0.4 is 0 Å². The smallest absolute Gasteiger partial charge is 0.309 e. The van der Waals surface area contributed by atoms with E-state index >= 15 is 0 Å². The molecule has 0 aliphatic heterocycles. The number of hydrogen-bond acceptors (Lipinski definition) is 2. The molecule has 2 N–H and O–H groups in total. The van der Waals surface area contributed by atoms with Crippen LogP contribution in [-0.4, -0.2) is 21.3 Å². The van der Waals surface area contributed by atoms with Crippen molar-refractivity contribution in [3.63, 3.8) is 0 Å². The van der Waals surface area contributed by atoms with Crippen LogP contribution in [0, 0.1) is 0 Å². The third kappa shape index (κ3) is 2.07. The zero-order valence-electron chi connectivity index (χ0n) is 6.29. The molecule has 1 heterocycles. The van der Waals surface area contributed by atoms with Gasteiger partial charge in [-0.15, -0.1) is 0 Å². The van der Waals surface area contributed by atoms with E-state index in [1.807, 2.05) is 6.92 Å². The van der Waals surface area contributed by atoms with Gasteiger partial charge in [0.15, 0.2) is 0 Å². The Hall–Kier alpha value is -1.32. The van der Waals surface area contributed by atoms with Crippen molar-refractivity contribution in [2.24, 2.45) is 0 Å². The average molecular weight is 154 g/mol. The van der Waals surface area contributed by atoms with Crippen LogP contribution in [0.15, 0.2) is 6.07 Å². The van der Waals surface area contributed by atoms with Crippen molar-refractivity contribution in [3.05, 3.63) is 17.5 Å². The first-order valence-corrected chi connectivity index (χ1v) is 3.47. The summed E-state index contributed by atoms with van der Waals surface area (Å²) < 4.78 is 0. The number of rotatable bonds is 3. The molecule has 0 atom stereocenters. The van der Waals surface area contributed by atoms with Gasteiger partial charge in [0, 0.05) is 5.69 Å². The number of carboxylic acids is 1. The number of nitrogens with one attached hydrogen (secondary N) is 1. The fraction of sp³-hybridized carbons (Fsp3) is 0.429. The molecule has 0 fully saturated rings. The maximum atomic E-state index is 10.2. The quantitative estimate of drug-likeness (QED) is 0.670. The van der Waals surface area contributed by atoms with E-state index in [9.17, 15) is 4.79 Å². The van der Waals surface area contributed by atoms with Crippen LogP contribution in [0.25, 0.3) is 0 Å². The molecule has 11 heavy (non-hydrogen) atoms. The molecular weight excluding hydrogens is 144 g/mol. The monoisotopic (exact) mass is 154 g/mol. The van der Waals surface area contributed by atoms with Gasteiger partial charge in [0.05, 0.1) is 12.1 Å². The summed E-state index contributed by atoms with van der Waals surface area (Å²) in [6.45, 7) is 1.97. The maximum Gasteiger partial charge on any atom is 0.309 e. The predicted octanol–water partition coefficient (Wildman–Crippen LogP) is 0.599. The van der Waals surface area contributed by atoms with Gasteiger partial charge in [-0.1, -0.05) is 6.92 Å². The molecule has 0 unspecified atom stereocenters. The molecule has 0 aliphatic carbocycles. The summed E-state index contributed by atoms with van der Waals surface area (Å²) in [6, 6.07) is 1.77. The summed E-state index contributed by atoms with van der Waals surface area (Å²) in [5, 5.41) is 15.0. The Morgan fingerprint density at radius 2 is 2.55 bits per heavy atom. The SMILES string of the molecule is CCc1cc(CC(=O)O)[nH]n1. The van der Waals surface area contributed by atoms with Crippen molar-refractivity contribution >= 4 is 5.97 Å². The lowest BCUT2D eigenvalue weighted by atomic mass is 10.2. The number of hydrogen-bond donors (Lipinski definition) is 2. The van der Waals surface area contributed by atoms with Gasteiger partial charge in [-0.3, -0.25) is 9.89 Å². The van der Waals surface area contributed by atoms with Crippen molar-refractivity contribution in [3.8, 4) is 0 Å². The van der Waals surface area contributed by atoms with Crippen molar-refractivity contribution < 1.29 is 9.90 Å². The van der Waals surface area contributed by atoms with E-state index in [1.54, 1.807) is 6.07 Å². The standard InChI is InChI=1S/C7H10N2O2/c1-2-5-3-6(9-8-5)4-7(10)11/h3H,2,4H2,1H3,(H,8,9)(H,10,11). The summed E-state index contributed by atoms with van der Waals surface area (Å²) in [5.41, 5.74) is 1.57. The normalized spacial score (nSPS) is 9.91. The lowest BCUT2D eigenvalue weighted by Crippen LogP contribution is -1.99. The maximum absolute atomic E-state index is 10.2. The van der Waals surface area contributed by atoms with Gasteiger partial charge < -0.3 is 5.11 Å². The molecule has 0 aliphatic rings. The molecule has 0 aromatic carbocycles. The predicted molar refractivity (Wildman–Crippen MR) is 39.3 cm³/mol. The number of aromatic amines is 1. The van der Waals surface area contributed by atoms with Gasteiger partial charge in [0.2, 0.25) is 0 Å². The van der Waals surface area contributed by atoms with Crippen LogP contribution in [0.4, 0.5) is 0 Å². The number of aliphatic carboxylic acids is 1. The van der Waals surface area contributed by atoms with E-state index in [4.69, 9.17) is 5.11 Å². The third-order valence-corrected chi connectivity index (χ3v) is 1.39. The van der Waals surface area contributed by atoms with Gasteiger partial charge in [-0.2, -0.15) is 5.10 Å². The lowest BCUT2D eigenvalue weighted by molar-refractivity contribution is -0.136. The van der Waals surface area contributed by atoms with E-state index in [0.717, 1.165) is 12.1 Å². The minimum atomic E-state index is -0.837. The van der Waals surface area contributed by atoms with Crippen molar-refractivity contribution in [1.82, 2.24) is 10.2 Å². The molecule has 1 rings (SSSR count). The highest BCUT2D eigenvalue weighted by molar-refractivity contribution is 5.69. The fourth-order valence-electron chi connectivity index (χ4n) is 0.844. The number of carbonyl (C=O) groups is 1. The molecule has 0 radical (unpaired) electrons. The number of carboxylic acid groups (broad SMARTS) is 1. The van der Waals surface area contributed by atoms with E-state index in [-0.39, 0.29) is 6.42 Å². The highest BCUT2D eigenvalue weighted by atomic mass is 16.4. The van der Waals surface area contributed by atoms with E-state index < -0.39 is 5.97 Å². The molecule has 60 valence electrons. The number of aryl methyl sites for hydroxylation is 1. The van der Waals surface area contributed by atoms with Gasteiger partial charge in [-0.25, -0.2) is 0 Å². The molecule has 0 spiro atoms. The number of nitrogens with zero attached hydrogens (tertiary/aromatic N) is 1. The summed E-state index contributed by atoms with van der Waals surface area (Å²) >= 11 is 0. The van der Waals surface area contributed by atoms with Gasteiger partial charge in [0.1, 0.15) is 0 Å². The summed E-state index contributed by atoms with van der Waals surface area (Å²) in [5.74, 6) is -0.837. The second-order valence-electron chi connectivity index (χ2n) is 2.31. The Kier molecular flexibility index (Phi) is 2.25. The molecule has 4 nitrogen and oxygen atoms in total. The second kappa shape index (κ2) is 3.18. The van der Waals surface area contributed by atoms with Crippen molar-refractivity contribution in [2.75, 3.05) is 0 Å².